The van der Waals surface area contributed by atoms with E-state index in [2.05, 4.69) is 255 Å². The van der Waals surface area contributed by atoms with Gasteiger partial charge in [0.25, 0.3) is 0 Å². The predicted molar refractivity (Wildman–Crippen MR) is 302 cm³/mol. The van der Waals surface area contributed by atoms with Crippen molar-refractivity contribution in [2.24, 2.45) is 0 Å². The van der Waals surface area contributed by atoms with Crippen LogP contribution in [-0.4, -0.2) is 0 Å². The molecule has 0 saturated carbocycles. The van der Waals surface area contributed by atoms with Gasteiger partial charge in [-0.1, -0.05) is 206 Å². The van der Waals surface area contributed by atoms with Crippen LogP contribution < -0.4 is 4.74 Å². The summed E-state index contributed by atoms with van der Waals surface area (Å²) in [6.07, 6.45) is 0. The molecule has 0 spiro atoms. The van der Waals surface area contributed by atoms with Gasteiger partial charge in [-0.05, 0) is 180 Å². The second kappa shape index (κ2) is 15.6. The zero-order valence-electron chi connectivity index (χ0n) is 38.7. The molecule has 1 heteroatoms. The maximum Gasteiger partial charge on any atom is 0.135 e. The molecule has 328 valence electrons. The Kier molecular flexibility index (Phi) is 8.73. The highest BCUT2D eigenvalue weighted by Gasteiger charge is 2.23. The van der Waals surface area contributed by atoms with Crippen LogP contribution in [0.15, 0.2) is 255 Å². The number of fused-ring (bicyclic) bond motifs is 10. The smallest absolute Gasteiger partial charge is 0.135 e. The largest absolute Gasteiger partial charge is 0.456 e. The Morgan fingerprint density at radius 3 is 1.56 bits per heavy atom. The Morgan fingerprint density at radius 1 is 0.183 bits per heavy atom. The van der Waals surface area contributed by atoms with Crippen LogP contribution in [-0.2, 0) is 0 Å². The first kappa shape index (κ1) is 39.7. The zero-order valence-corrected chi connectivity index (χ0v) is 38.7. The van der Waals surface area contributed by atoms with Gasteiger partial charge >= 0.3 is 0 Å². The lowest BCUT2D eigenvalue weighted by Gasteiger charge is -2.23. The second-order valence-electron chi connectivity index (χ2n) is 19.1. The first-order chi connectivity index (χ1) is 35.2. The first-order valence-corrected chi connectivity index (χ1v) is 24.5. The summed E-state index contributed by atoms with van der Waals surface area (Å²) in [5, 5.41) is 17.4. The third kappa shape index (κ3) is 6.34. The molecule has 15 rings (SSSR count). The van der Waals surface area contributed by atoms with Crippen LogP contribution >= 0.6 is 0 Å². The molecular weight excluding hydrogens is 857 g/mol. The van der Waals surface area contributed by atoms with Crippen molar-refractivity contribution < 1.29 is 4.74 Å². The number of ether oxygens (including phenoxy) is 1. The molecule has 0 aromatic heterocycles. The lowest BCUT2D eigenvalue weighted by atomic mass is 9.87. The number of hydrogen-bond donors (Lipinski definition) is 0. The van der Waals surface area contributed by atoms with E-state index in [1.807, 2.05) is 0 Å². The number of benzene rings is 14. The Bertz CT molecular complexity index is 4520. The third-order valence-corrected chi connectivity index (χ3v) is 15.2. The minimum Gasteiger partial charge on any atom is -0.456 e. The summed E-state index contributed by atoms with van der Waals surface area (Å²) in [6, 6.07) is 93.9. The topological polar surface area (TPSA) is 9.23 Å². The molecule has 0 aliphatic carbocycles. The molecule has 0 atom stereocenters. The zero-order chi connectivity index (χ0) is 46.6. The van der Waals surface area contributed by atoms with E-state index < -0.39 is 0 Å². The monoisotopic (exact) mass is 898 g/mol. The quantitative estimate of drug-likeness (QED) is 0.124. The fourth-order valence-electron chi connectivity index (χ4n) is 11.8. The fraction of sp³-hybridized carbons (Fsp3) is 0. The van der Waals surface area contributed by atoms with Crippen molar-refractivity contribution >= 4 is 75.4 Å². The van der Waals surface area contributed by atoms with E-state index in [-0.39, 0.29) is 0 Å². The summed E-state index contributed by atoms with van der Waals surface area (Å²) >= 11 is 0. The van der Waals surface area contributed by atoms with Gasteiger partial charge in [0.2, 0.25) is 0 Å². The number of hydrogen-bond acceptors (Lipinski definition) is 1. The molecule has 0 N–H and O–H groups in total. The maximum absolute atomic E-state index is 6.66. The molecule has 0 radical (unpaired) electrons. The van der Waals surface area contributed by atoms with Crippen molar-refractivity contribution in [3.63, 3.8) is 0 Å². The Hall–Kier alpha value is -9.30. The van der Waals surface area contributed by atoms with Gasteiger partial charge in [-0.2, -0.15) is 0 Å². The van der Waals surface area contributed by atoms with Gasteiger partial charge < -0.3 is 4.74 Å². The summed E-state index contributed by atoms with van der Waals surface area (Å²) in [7, 11) is 0. The molecule has 0 bridgehead atoms. The predicted octanol–water partition coefficient (Wildman–Crippen LogP) is 19.9. The van der Waals surface area contributed by atoms with Gasteiger partial charge in [-0.3, -0.25) is 0 Å². The van der Waals surface area contributed by atoms with Crippen molar-refractivity contribution in [1.29, 1.82) is 0 Å². The van der Waals surface area contributed by atoms with E-state index in [4.69, 9.17) is 4.74 Å². The van der Waals surface area contributed by atoms with Crippen molar-refractivity contribution in [1.82, 2.24) is 0 Å². The number of rotatable bonds is 5. The van der Waals surface area contributed by atoms with Gasteiger partial charge in [0.05, 0.1) is 0 Å². The van der Waals surface area contributed by atoms with Gasteiger partial charge in [0.15, 0.2) is 0 Å². The van der Waals surface area contributed by atoms with Crippen LogP contribution in [0.4, 0.5) is 0 Å². The van der Waals surface area contributed by atoms with E-state index in [9.17, 15) is 0 Å². The van der Waals surface area contributed by atoms with Gasteiger partial charge in [-0.25, -0.2) is 0 Å². The second-order valence-corrected chi connectivity index (χ2v) is 19.1. The van der Waals surface area contributed by atoms with E-state index in [0.717, 1.165) is 28.0 Å². The van der Waals surface area contributed by atoms with E-state index in [0.29, 0.717) is 0 Å². The molecule has 1 heterocycles. The van der Waals surface area contributed by atoms with E-state index >= 15 is 0 Å². The van der Waals surface area contributed by atoms with Gasteiger partial charge in [-0.15, -0.1) is 0 Å². The molecule has 1 nitrogen and oxygen atoms in total. The van der Waals surface area contributed by atoms with Crippen LogP contribution in [0.5, 0.6) is 11.5 Å². The van der Waals surface area contributed by atoms with Crippen molar-refractivity contribution in [3.8, 4) is 78.3 Å². The molecule has 0 unspecified atom stereocenters. The standard InChI is InChI=1S/C70H42O/c1-2-11-43(12-3-1)50-32-33-61-63-36-35-57(62-21-10-22-67(70(62)63)71-68(61)42-50)47-26-24-46(25-27-47)55-17-8-20-60-56(18-9-19-59(55)60)51-30-28-49-40-65-54(39-53(49)38-51)41-66(52-29-23-44-13-4-5-15-48(44)37-52)69-58-16-7-6-14-45(58)31-34-64(65)69/h1-42H. The Balaban J connectivity index is 0.798. The van der Waals surface area contributed by atoms with Crippen molar-refractivity contribution in [2.75, 3.05) is 0 Å². The van der Waals surface area contributed by atoms with Crippen LogP contribution in [0.2, 0.25) is 0 Å². The van der Waals surface area contributed by atoms with E-state index in [1.165, 1.54) is 126 Å². The Morgan fingerprint density at radius 2 is 0.746 bits per heavy atom. The maximum atomic E-state index is 6.66. The lowest BCUT2D eigenvalue weighted by molar-refractivity contribution is 0.487. The van der Waals surface area contributed by atoms with E-state index in [1.54, 1.807) is 0 Å². The minimum absolute atomic E-state index is 0.894. The van der Waals surface area contributed by atoms with Crippen molar-refractivity contribution in [3.05, 3.63) is 255 Å². The van der Waals surface area contributed by atoms with Crippen LogP contribution in [0.3, 0.4) is 0 Å². The van der Waals surface area contributed by atoms with Gasteiger partial charge in [0.1, 0.15) is 11.5 Å². The molecule has 0 amide bonds. The van der Waals surface area contributed by atoms with Gasteiger partial charge in [0, 0.05) is 10.9 Å². The average molecular weight is 899 g/mol. The normalized spacial score (nSPS) is 12.1. The van der Waals surface area contributed by atoms with Crippen LogP contribution in [0, 0.1) is 0 Å². The summed E-state index contributed by atoms with van der Waals surface area (Å²) in [4.78, 5) is 0. The molecule has 71 heavy (non-hydrogen) atoms. The Labute approximate surface area is 411 Å². The summed E-state index contributed by atoms with van der Waals surface area (Å²) in [5.41, 5.74) is 14.4. The average Bonchev–Trinajstić information content (AvgIpc) is 3.44. The highest BCUT2D eigenvalue weighted by atomic mass is 16.5. The molecule has 0 fully saturated rings. The molecule has 14 aromatic carbocycles. The molecule has 1 aliphatic rings. The SMILES string of the molecule is c1ccc(-c2ccc3c(c2)Oc2cccc4c(-c5ccc(-c6cccc7c(-c8ccc9cc%10c(cc(-c%11ccc%12ccccc%12c%11)c%11c%12ccccc%12ccc%10%11)cc9c8)cccc67)cc5)ccc-3c24)cc1. The highest BCUT2D eigenvalue weighted by Crippen LogP contribution is 2.50. The van der Waals surface area contributed by atoms with Crippen molar-refractivity contribution in [2.45, 2.75) is 0 Å². The molecule has 0 saturated heterocycles. The third-order valence-electron chi connectivity index (χ3n) is 15.2. The molecular formula is C70H42O. The first-order valence-electron chi connectivity index (χ1n) is 24.5. The fourth-order valence-corrected chi connectivity index (χ4v) is 11.8. The molecule has 1 aliphatic heterocycles. The summed E-state index contributed by atoms with van der Waals surface area (Å²) in [5.74, 6) is 1.79. The highest BCUT2D eigenvalue weighted by molar-refractivity contribution is 6.25. The van der Waals surface area contributed by atoms with Crippen LogP contribution in [0.1, 0.15) is 0 Å². The lowest BCUT2D eigenvalue weighted by Crippen LogP contribution is -1.98. The van der Waals surface area contributed by atoms with Crippen LogP contribution in [0.25, 0.3) is 142 Å². The summed E-state index contributed by atoms with van der Waals surface area (Å²) in [6.45, 7) is 0. The minimum atomic E-state index is 0.894. The molecule has 14 aromatic rings. The summed E-state index contributed by atoms with van der Waals surface area (Å²) < 4.78 is 6.66.